The van der Waals surface area contributed by atoms with Crippen LogP contribution in [0.3, 0.4) is 0 Å². The first-order valence-corrected chi connectivity index (χ1v) is 5.49. The molecular formula is C12H14O7. The van der Waals surface area contributed by atoms with Crippen molar-refractivity contribution >= 4 is 23.7 Å². The summed E-state index contributed by atoms with van der Waals surface area (Å²) in [5, 5.41) is 0. The van der Waals surface area contributed by atoms with Gasteiger partial charge >= 0.3 is 17.9 Å². The molecule has 1 atom stereocenters. The number of esters is 3. The van der Waals surface area contributed by atoms with E-state index in [9.17, 15) is 19.2 Å². The van der Waals surface area contributed by atoms with Gasteiger partial charge in [-0.2, -0.15) is 0 Å². The molecule has 0 saturated heterocycles. The van der Waals surface area contributed by atoms with Crippen LogP contribution < -0.4 is 0 Å². The fourth-order valence-electron chi connectivity index (χ4n) is 1.82. The second kappa shape index (κ2) is 6.12. The highest BCUT2D eigenvalue weighted by Crippen LogP contribution is 2.30. The first kappa shape index (κ1) is 14.9. The maximum Gasteiger partial charge on any atom is 0.341 e. The molecule has 104 valence electrons. The summed E-state index contributed by atoms with van der Waals surface area (Å²) in [6, 6.07) is 0. The van der Waals surface area contributed by atoms with E-state index in [-0.39, 0.29) is 24.0 Å². The van der Waals surface area contributed by atoms with Gasteiger partial charge in [-0.15, -0.1) is 0 Å². The van der Waals surface area contributed by atoms with Gasteiger partial charge in [-0.05, 0) is 5.57 Å². The topological polar surface area (TPSA) is 96.0 Å². The molecule has 7 nitrogen and oxygen atoms in total. The summed E-state index contributed by atoms with van der Waals surface area (Å²) in [6.07, 6.45) is -1.39. The smallest absolute Gasteiger partial charge is 0.341 e. The molecule has 1 aliphatic rings. The predicted octanol–water partition coefficient (Wildman–Crippen LogP) is -0.0764. The van der Waals surface area contributed by atoms with Crippen LogP contribution in [0, 0.1) is 0 Å². The van der Waals surface area contributed by atoms with E-state index in [0.29, 0.717) is 0 Å². The number of carbonyl (C=O) groups is 4. The van der Waals surface area contributed by atoms with Gasteiger partial charge in [0.25, 0.3) is 0 Å². The van der Waals surface area contributed by atoms with Gasteiger partial charge in [0.15, 0.2) is 5.78 Å². The van der Waals surface area contributed by atoms with Crippen LogP contribution in [0.4, 0.5) is 0 Å². The van der Waals surface area contributed by atoms with E-state index in [2.05, 4.69) is 9.47 Å². The molecule has 0 aliphatic heterocycles. The van der Waals surface area contributed by atoms with Gasteiger partial charge < -0.3 is 14.2 Å². The predicted molar refractivity (Wildman–Crippen MR) is 60.9 cm³/mol. The van der Waals surface area contributed by atoms with Gasteiger partial charge in [-0.1, -0.05) is 0 Å². The third-order valence-electron chi connectivity index (χ3n) is 2.62. The van der Waals surface area contributed by atoms with Crippen molar-refractivity contribution in [3.63, 3.8) is 0 Å². The van der Waals surface area contributed by atoms with Crippen molar-refractivity contribution < 1.29 is 33.4 Å². The molecule has 7 heteroatoms. The molecule has 0 radical (unpaired) electrons. The highest BCUT2D eigenvalue weighted by atomic mass is 16.5. The average Bonchev–Trinajstić information content (AvgIpc) is 2.63. The summed E-state index contributed by atoms with van der Waals surface area (Å²) in [4.78, 5) is 45.6. The summed E-state index contributed by atoms with van der Waals surface area (Å²) in [7, 11) is 2.30. The Morgan fingerprint density at radius 1 is 1.21 bits per heavy atom. The largest absolute Gasteiger partial charge is 0.469 e. The molecule has 0 amide bonds. The van der Waals surface area contributed by atoms with Crippen molar-refractivity contribution in [2.45, 2.75) is 25.9 Å². The molecule has 0 aromatic rings. The number of ether oxygens (including phenoxy) is 3. The van der Waals surface area contributed by atoms with E-state index < -0.39 is 29.8 Å². The summed E-state index contributed by atoms with van der Waals surface area (Å²) in [5.41, 5.74) is -0.113. The van der Waals surface area contributed by atoms with Gasteiger partial charge in [0.1, 0.15) is 11.7 Å². The number of carbonyl (C=O) groups excluding carboxylic acids is 4. The first-order valence-electron chi connectivity index (χ1n) is 5.49. The Hall–Kier alpha value is -2.18. The van der Waals surface area contributed by atoms with E-state index in [1.54, 1.807) is 0 Å². The van der Waals surface area contributed by atoms with Gasteiger partial charge in [0, 0.05) is 6.92 Å². The zero-order chi connectivity index (χ0) is 14.6. The van der Waals surface area contributed by atoms with Crippen molar-refractivity contribution in [1.29, 1.82) is 0 Å². The monoisotopic (exact) mass is 270 g/mol. The molecular weight excluding hydrogens is 256 g/mol. The first-order chi connectivity index (χ1) is 8.90. The average molecular weight is 270 g/mol. The number of hydrogen-bond donors (Lipinski definition) is 0. The minimum Gasteiger partial charge on any atom is -0.469 e. The summed E-state index contributed by atoms with van der Waals surface area (Å²) in [6.45, 7) is 1.18. The fraction of sp³-hybridized carbons (Fsp3) is 0.500. The van der Waals surface area contributed by atoms with Crippen LogP contribution in [0.2, 0.25) is 0 Å². The van der Waals surface area contributed by atoms with E-state index in [4.69, 9.17) is 4.74 Å². The normalized spacial score (nSPS) is 18.3. The zero-order valence-corrected chi connectivity index (χ0v) is 10.8. The molecule has 0 unspecified atom stereocenters. The van der Waals surface area contributed by atoms with E-state index >= 15 is 0 Å². The molecule has 0 spiro atoms. The lowest BCUT2D eigenvalue weighted by molar-refractivity contribution is -0.146. The molecule has 1 aliphatic carbocycles. The summed E-state index contributed by atoms with van der Waals surface area (Å²) in [5.74, 6) is -2.61. The quantitative estimate of drug-likeness (QED) is 0.400. The number of rotatable bonds is 4. The third kappa shape index (κ3) is 3.40. The minimum absolute atomic E-state index is 0.124. The molecule has 0 aromatic heterocycles. The minimum atomic E-state index is -0.918. The number of Topliss-reactive ketones (excluding diaryl/α,β-unsaturated/α-hetero) is 1. The van der Waals surface area contributed by atoms with Gasteiger partial charge in [0.2, 0.25) is 0 Å². The van der Waals surface area contributed by atoms with Gasteiger partial charge in [0.05, 0.1) is 27.1 Å². The Morgan fingerprint density at radius 3 is 2.32 bits per heavy atom. The second-order valence-corrected chi connectivity index (χ2v) is 3.87. The van der Waals surface area contributed by atoms with Crippen LogP contribution in [0.1, 0.15) is 19.8 Å². The Labute approximate surface area is 109 Å². The van der Waals surface area contributed by atoms with Crippen molar-refractivity contribution in [3.05, 3.63) is 11.1 Å². The lowest BCUT2D eigenvalue weighted by atomic mass is 10.1. The molecule has 0 bridgehead atoms. The maximum absolute atomic E-state index is 11.7. The third-order valence-corrected chi connectivity index (χ3v) is 2.62. The van der Waals surface area contributed by atoms with Gasteiger partial charge in [-0.25, -0.2) is 4.79 Å². The summed E-state index contributed by atoms with van der Waals surface area (Å²) >= 11 is 0. The van der Waals surface area contributed by atoms with E-state index in [1.807, 2.05) is 0 Å². The molecule has 0 heterocycles. The lowest BCUT2D eigenvalue weighted by Crippen LogP contribution is -2.19. The molecule has 0 aromatic carbocycles. The molecule has 0 saturated carbocycles. The highest BCUT2D eigenvalue weighted by molar-refractivity contribution is 6.20. The van der Waals surface area contributed by atoms with Crippen LogP contribution in [0.15, 0.2) is 11.1 Å². The van der Waals surface area contributed by atoms with Crippen LogP contribution >= 0.6 is 0 Å². The van der Waals surface area contributed by atoms with Crippen molar-refractivity contribution in [2.24, 2.45) is 0 Å². The van der Waals surface area contributed by atoms with E-state index in [1.165, 1.54) is 14.0 Å². The lowest BCUT2D eigenvalue weighted by Gasteiger charge is -2.13. The van der Waals surface area contributed by atoms with Crippen molar-refractivity contribution in [2.75, 3.05) is 14.2 Å². The SMILES string of the molecule is COC(=O)CC1=C(C(=O)OC)C(=O)C[C@@H]1OC(C)=O. The highest BCUT2D eigenvalue weighted by Gasteiger charge is 2.39. The molecule has 1 rings (SSSR count). The second-order valence-electron chi connectivity index (χ2n) is 3.87. The summed E-state index contributed by atoms with van der Waals surface area (Å²) < 4.78 is 13.9. The molecule has 0 fully saturated rings. The number of ketones is 1. The van der Waals surface area contributed by atoms with Crippen molar-refractivity contribution in [3.8, 4) is 0 Å². The standard InChI is InChI=1S/C12H14O7/c1-6(13)19-9-5-8(14)11(12(16)18-3)7(9)4-10(15)17-2/h9H,4-5H2,1-3H3/t9-/m0/s1. The van der Waals surface area contributed by atoms with Crippen LogP contribution in [0.25, 0.3) is 0 Å². The zero-order valence-electron chi connectivity index (χ0n) is 10.8. The Morgan fingerprint density at radius 2 is 1.84 bits per heavy atom. The number of hydrogen-bond acceptors (Lipinski definition) is 7. The van der Waals surface area contributed by atoms with E-state index in [0.717, 1.165) is 7.11 Å². The Bertz CT molecular complexity index is 461. The Kier molecular flexibility index (Phi) is 4.80. The Balaban J connectivity index is 3.13. The van der Waals surface area contributed by atoms with Crippen LogP contribution in [-0.2, 0) is 33.4 Å². The maximum atomic E-state index is 11.7. The van der Waals surface area contributed by atoms with Gasteiger partial charge in [-0.3, -0.25) is 14.4 Å². The molecule has 19 heavy (non-hydrogen) atoms. The van der Waals surface area contributed by atoms with Crippen molar-refractivity contribution in [1.82, 2.24) is 0 Å². The number of methoxy groups -OCH3 is 2. The fourth-order valence-corrected chi connectivity index (χ4v) is 1.82. The molecule has 0 N–H and O–H groups in total. The van der Waals surface area contributed by atoms with Crippen LogP contribution in [0.5, 0.6) is 0 Å². The van der Waals surface area contributed by atoms with Crippen LogP contribution in [-0.4, -0.2) is 44.0 Å².